The van der Waals surface area contributed by atoms with Crippen LogP contribution in [-0.2, 0) is 17.9 Å². The number of amides is 1. The fourth-order valence-corrected chi connectivity index (χ4v) is 3.17. The molecule has 6 nitrogen and oxygen atoms in total. The lowest BCUT2D eigenvalue weighted by molar-refractivity contribution is -0.119. The number of ether oxygens (including phenoxy) is 3. The Morgan fingerprint density at radius 1 is 1.04 bits per heavy atom. The first-order chi connectivity index (χ1) is 13.2. The second kappa shape index (κ2) is 7.55. The molecule has 3 N–H and O–H groups in total. The standard InChI is InChI=1S/C21H20N2O4/c22-21(24)12-25-18-8-6-15-3-1-2-4-16(15)17(18)11-23-10-14-5-7-19-20(9-14)27-13-26-19/h1-9,23H,10-13H2,(H2,22,24). The van der Waals surface area contributed by atoms with Gasteiger partial charge in [-0.1, -0.05) is 36.4 Å². The molecule has 0 unspecified atom stereocenters. The number of nitrogens with one attached hydrogen (secondary N) is 1. The van der Waals surface area contributed by atoms with Crippen molar-refractivity contribution < 1.29 is 19.0 Å². The van der Waals surface area contributed by atoms with E-state index >= 15 is 0 Å². The van der Waals surface area contributed by atoms with Gasteiger partial charge in [-0.3, -0.25) is 4.79 Å². The maximum Gasteiger partial charge on any atom is 0.255 e. The number of carbonyl (C=O) groups is 1. The van der Waals surface area contributed by atoms with Crippen molar-refractivity contribution in [1.82, 2.24) is 5.32 Å². The number of hydrogen-bond donors (Lipinski definition) is 2. The summed E-state index contributed by atoms with van der Waals surface area (Å²) in [5.74, 6) is 1.70. The van der Waals surface area contributed by atoms with Crippen LogP contribution in [0.2, 0.25) is 0 Å². The molecule has 138 valence electrons. The van der Waals surface area contributed by atoms with E-state index in [-0.39, 0.29) is 13.4 Å². The quantitative estimate of drug-likeness (QED) is 0.674. The minimum absolute atomic E-state index is 0.145. The van der Waals surface area contributed by atoms with Crippen molar-refractivity contribution >= 4 is 16.7 Å². The van der Waals surface area contributed by atoms with Crippen LogP contribution < -0.4 is 25.3 Å². The fourth-order valence-electron chi connectivity index (χ4n) is 3.17. The molecular weight excluding hydrogens is 344 g/mol. The van der Waals surface area contributed by atoms with Crippen molar-refractivity contribution in [2.24, 2.45) is 5.73 Å². The maximum absolute atomic E-state index is 11.1. The number of fused-ring (bicyclic) bond motifs is 2. The summed E-state index contributed by atoms with van der Waals surface area (Å²) in [5.41, 5.74) is 7.31. The SMILES string of the molecule is NC(=O)COc1ccc2ccccc2c1CNCc1ccc2c(c1)OCO2. The first-order valence-corrected chi connectivity index (χ1v) is 8.72. The Labute approximate surface area is 156 Å². The molecule has 0 saturated heterocycles. The Morgan fingerprint density at radius 2 is 1.89 bits per heavy atom. The van der Waals surface area contributed by atoms with E-state index in [9.17, 15) is 4.79 Å². The van der Waals surface area contributed by atoms with Crippen molar-refractivity contribution in [3.63, 3.8) is 0 Å². The Kier molecular flexibility index (Phi) is 4.80. The fraction of sp³-hybridized carbons (Fsp3) is 0.190. The van der Waals surface area contributed by atoms with Gasteiger partial charge >= 0.3 is 0 Å². The molecule has 0 aromatic heterocycles. The summed E-state index contributed by atoms with van der Waals surface area (Å²) in [6, 6.07) is 17.8. The summed E-state index contributed by atoms with van der Waals surface area (Å²) in [4.78, 5) is 11.1. The van der Waals surface area contributed by atoms with Gasteiger partial charge in [-0.25, -0.2) is 0 Å². The molecule has 0 atom stereocenters. The molecule has 0 fully saturated rings. The summed E-state index contributed by atoms with van der Waals surface area (Å²) in [6.07, 6.45) is 0. The predicted molar refractivity (Wildman–Crippen MR) is 102 cm³/mol. The second-order valence-corrected chi connectivity index (χ2v) is 6.31. The minimum Gasteiger partial charge on any atom is -0.483 e. The average Bonchev–Trinajstić information content (AvgIpc) is 3.15. The van der Waals surface area contributed by atoms with Gasteiger partial charge in [0.1, 0.15) is 5.75 Å². The Hall–Kier alpha value is -3.25. The maximum atomic E-state index is 11.1. The first kappa shape index (κ1) is 17.2. The molecule has 0 radical (unpaired) electrons. The van der Waals surface area contributed by atoms with E-state index < -0.39 is 5.91 Å². The van der Waals surface area contributed by atoms with Gasteiger partial charge in [0.15, 0.2) is 18.1 Å². The van der Waals surface area contributed by atoms with E-state index in [0.29, 0.717) is 18.8 Å². The normalized spacial score (nSPS) is 12.3. The van der Waals surface area contributed by atoms with Crippen LogP contribution in [0.5, 0.6) is 17.2 Å². The molecule has 0 aliphatic carbocycles. The third-order valence-corrected chi connectivity index (χ3v) is 4.44. The summed E-state index contributed by atoms with van der Waals surface area (Å²) >= 11 is 0. The molecule has 0 spiro atoms. The second-order valence-electron chi connectivity index (χ2n) is 6.31. The van der Waals surface area contributed by atoms with Crippen LogP contribution in [0, 0.1) is 0 Å². The van der Waals surface area contributed by atoms with Gasteiger partial charge in [-0.15, -0.1) is 0 Å². The number of hydrogen-bond acceptors (Lipinski definition) is 5. The molecule has 3 aromatic rings. The van der Waals surface area contributed by atoms with Crippen LogP contribution in [0.25, 0.3) is 10.8 Å². The highest BCUT2D eigenvalue weighted by Gasteiger charge is 2.14. The third-order valence-electron chi connectivity index (χ3n) is 4.44. The predicted octanol–water partition coefficient (Wildman–Crippen LogP) is 2.72. The molecule has 6 heteroatoms. The van der Waals surface area contributed by atoms with Gasteiger partial charge in [0, 0.05) is 18.7 Å². The van der Waals surface area contributed by atoms with Crippen LogP contribution in [0.1, 0.15) is 11.1 Å². The zero-order valence-corrected chi connectivity index (χ0v) is 14.7. The highest BCUT2D eigenvalue weighted by atomic mass is 16.7. The van der Waals surface area contributed by atoms with Gasteiger partial charge in [-0.2, -0.15) is 0 Å². The van der Waals surface area contributed by atoms with Crippen LogP contribution in [-0.4, -0.2) is 19.3 Å². The molecule has 0 bridgehead atoms. The van der Waals surface area contributed by atoms with Crippen molar-refractivity contribution in [3.05, 3.63) is 65.7 Å². The number of benzene rings is 3. The van der Waals surface area contributed by atoms with Crippen molar-refractivity contribution in [1.29, 1.82) is 0 Å². The van der Waals surface area contributed by atoms with Crippen LogP contribution in [0.15, 0.2) is 54.6 Å². The van der Waals surface area contributed by atoms with Gasteiger partial charge in [-0.05, 0) is 34.5 Å². The number of nitrogens with two attached hydrogens (primary N) is 1. The highest BCUT2D eigenvalue weighted by Crippen LogP contribution is 2.32. The van der Waals surface area contributed by atoms with E-state index in [1.807, 2.05) is 48.5 Å². The van der Waals surface area contributed by atoms with E-state index in [1.54, 1.807) is 0 Å². The summed E-state index contributed by atoms with van der Waals surface area (Å²) in [5, 5.41) is 5.63. The molecule has 1 heterocycles. The zero-order chi connectivity index (χ0) is 18.6. The molecule has 1 aliphatic rings. The lowest BCUT2D eigenvalue weighted by Crippen LogP contribution is -2.21. The Balaban J connectivity index is 1.52. The molecule has 0 saturated carbocycles. The highest BCUT2D eigenvalue weighted by molar-refractivity contribution is 5.88. The van der Waals surface area contributed by atoms with Crippen molar-refractivity contribution in [2.75, 3.05) is 13.4 Å². The first-order valence-electron chi connectivity index (χ1n) is 8.72. The third kappa shape index (κ3) is 3.80. The van der Waals surface area contributed by atoms with Gasteiger partial charge in [0.05, 0.1) is 0 Å². The number of primary amides is 1. The van der Waals surface area contributed by atoms with Gasteiger partial charge in [0.2, 0.25) is 6.79 Å². The molecular formula is C21H20N2O4. The zero-order valence-electron chi connectivity index (χ0n) is 14.7. The summed E-state index contributed by atoms with van der Waals surface area (Å²) in [7, 11) is 0. The molecule has 1 aliphatic heterocycles. The van der Waals surface area contributed by atoms with Gasteiger partial charge in [0.25, 0.3) is 5.91 Å². The molecule has 3 aromatic carbocycles. The summed E-state index contributed by atoms with van der Waals surface area (Å²) < 4.78 is 16.4. The lowest BCUT2D eigenvalue weighted by Gasteiger charge is -2.14. The Morgan fingerprint density at radius 3 is 2.78 bits per heavy atom. The largest absolute Gasteiger partial charge is 0.483 e. The van der Waals surface area contributed by atoms with Crippen LogP contribution >= 0.6 is 0 Å². The Bertz CT molecular complexity index is 987. The van der Waals surface area contributed by atoms with E-state index in [2.05, 4.69) is 11.4 Å². The monoisotopic (exact) mass is 364 g/mol. The van der Waals surface area contributed by atoms with E-state index in [0.717, 1.165) is 33.4 Å². The summed E-state index contributed by atoms with van der Waals surface area (Å²) in [6.45, 7) is 1.37. The molecule has 1 amide bonds. The van der Waals surface area contributed by atoms with Gasteiger partial charge < -0.3 is 25.3 Å². The van der Waals surface area contributed by atoms with Crippen molar-refractivity contribution in [3.8, 4) is 17.2 Å². The van der Waals surface area contributed by atoms with Crippen LogP contribution in [0.3, 0.4) is 0 Å². The topological polar surface area (TPSA) is 82.8 Å². The lowest BCUT2D eigenvalue weighted by atomic mass is 10.0. The van der Waals surface area contributed by atoms with E-state index in [4.69, 9.17) is 19.9 Å². The minimum atomic E-state index is -0.498. The smallest absolute Gasteiger partial charge is 0.255 e. The number of carbonyl (C=O) groups excluding carboxylic acids is 1. The van der Waals surface area contributed by atoms with Crippen LogP contribution in [0.4, 0.5) is 0 Å². The number of rotatable bonds is 7. The van der Waals surface area contributed by atoms with E-state index in [1.165, 1.54) is 0 Å². The van der Waals surface area contributed by atoms with Crippen molar-refractivity contribution in [2.45, 2.75) is 13.1 Å². The molecule has 27 heavy (non-hydrogen) atoms. The molecule has 4 rings (SSSR count). The average molecular weight is 364 g/mol.